The van der Waals surface area contributed by atoms with Crippen LogP contribution in [0.4, 0.5) is 17.5 Å². The Kier molecular flexibility index (Phi) is 4.55. The molecular weight excluding hydrogens is 340 g/mol. The number of nitrogens with zero attached hydrogens (tertiary/aromatic N) is 7. The number of fused-ring (bicyclic) bond motifs is 1. The normalized spacial score (nSPS) is 15.3. The van der Waals surface area contributed by atoms with Crippen LogP contribution < -0.4 is 15.1 Å². The van der Waals surface area contributed by atoms with Crippen LogP contribution in [-0.2, 0) is 0 Å². The highest BCUT2D eigenvalue weighted by atomic mass is 15.4. The summed E-state index contributed by atoms with van der Waals surface area (Å²) in [5, 5.41) is 8.18. The Balaban J connectivity index is 1.46. The van der Waals surface area contributed by atoms with Crippen molar-refractivity contribution in [2.24, 2.45) is 0 Å². The number of hydrogen-bond acceptors (Lipinski definition) is 7. The highest BCUT2D eigenvalue weighted by molar-refractivity contribution is 5.52. The molecule has 0 bridgehead atoms. The molecule has 3 aromatic rings. The number of piperidine rings is 1. The fourth-order valence-electron chi connectivity index (χ4n) is 3.55. The van der Waals surface area contributed by atoms with Gasteiger partial charge in [0.1, 0.15) is 23.8 Å². The molecule has 1 saturated heterocycles. The second-order valence-corrected chi connectivity index (χ2v) is 7.37. The smallest absolute Gasteiger partial charge is 0.157 e. The Morgan fingerprint density at radius 3 is 2.56 bits per heavy atom. The Morgan fingerprint density at radius 1 is 1.04 bits per heavy atom. The molecule has 3 aromatic heterocycles. The van der Waals surface area contributed by atoms with E-state index in [4.69, 9.17) is 0 Å². The van der Waals surface area contributed by atoms with Gasteiger partial charge in [-0.05, 0) is 26.7 Å². The van der Waals surface area contributed by atoms with Crippen molar-refractivity contribution in [3.05, 3.63) is 35.9 Å². The lowest BCUT2D eigenvalue weighted by atomic mass is 10.0. The quantitative estimate of drug-likeness (QED) is 0.759. The molecule has 0 aliphatic carbocycles. The van der Waals surface area contributed by atoms with Crippen molar-refractivity contribution in [3.8, 4) is 0 Å². The molecule has 4 heterocycles. The third-order valence-electron chi connectivity index (χ3n) is 4.94. The van der Waals surface area contributed by atoms with E-state index in [0.29, 0.717) is 6.04 Å². The maximum atomic E-state index is 4.62. The molecule has 1 aliphatic heterocycles. The molecule has 0 unspecified atom stereocenters. The zero-order valence-corrected chi connectivity index (χ0v) is 16.3. The third-order valence-corrected chi connectivity index (χ3v) is 4.94. The van der Waals surface area contributed by atoms with E-state index in [1.807, 2.05) is 49.5 Å². The maximum Gasteiger partial charge on any atom is 0.157 e. The van der Waals surface area contributed by atoms with Crippen molar-refractivity contribution in [1.82, 2.24) is 24.6 Å². The minimum Gasteiger partial charge on any atom is -0.367 e. The molecular formula is C19H26N8. The SMILES string of the molecule is Cc1cc(N2CCC(Nc3cc(N(C)C)ncn3)CC2)n2nc(C)cc2n1. The second-order valence-electron chi connectivity index (χ2n) is 7.37. The first kappa shape index (κ1) is 17.5. The van der Waals surface area contributed by atoms with E-state index in [-0.39, 0.29) is 0 Å². The highest BCUT2D eigenvalue weighted by Crippen LogP contribution is 2.24. The molecule has 8 nitrogen and oxygen atoms in total. The number of nitrogens with one attached hydrogen (secondary N) is 1. The Bertz CT molecular complexity index is 940. The lowest BCUT2D eigenvalue weighted by Crippen LogP contribution is -2.40. The molecule has 0 spiro atoms. The zero-order valence-electron chi connectivity index (χ0n) is 16.3. The van der Waals surface area contributed by atoms with Crippen LogP contribution >= 0.6 is 0 Å². The molecule has 4 rings (SSSR count). The molecule has 0 radical (unpaired) electrons. The van der Waals surface area contributed by atoms with E-state index in [2.05, 4.69) is 36.3 Å². The summed E-state index contributed by atoms with van der Waals surface area (Å²) in [7, 11) is 3.97. The second kappa shape index (κ2) is 7.02. The maximum absolute atomic E-state index is 4.62. The average molecular weight is 366 g/mol. The summed E-state index contributed by atoms with van der Waals surface area (Å²) in [4.78, 5) is 17.6. The number of aromatic nitrogens is 5. The van der Waals surface area contributed by atoms with Crippen LogP contribution in [0, 0.1) is 13.8 Å². The molecule has 0 aromatic carbocycles. The lowest BCUT2D eigenvalue weighted by Gasteiger charge is -2.34. The lowest BCUT2D eigenvalue weighted by molar-refractivity contribution is 0.519. The van der Waals surface area contributed by atoms with E-state index in [9.17, 15) is 0 Å². The van der Waals surface area contributed by atoms with Crippen LogP contribution in [0.25, 0.3) is 5.65 Å². The van der Waals surface area contributed by atoms with E-state index >= 15 is 0 Å². The van der Waals surface area contributed by atoms with Gasteiger partial charge in [-0.15, -0.1) is 0 Å². The average Bonchev–Trinajstić information content (AvgIpc) is 3.02. The third kappa shape index (κ3) is 3.65. The van der Waals surface area contributed by atoms with Crippen LogP contribution in [0.5, 0.6) is 0 Å². The standard InChI is InChI=1S/C19H26N8/c1-13-10-19(27-18(22-13)9-14(2)24-27)26-7-5-15(6-8-26)23-16-11-17(25(3)4)21-12-20-16/h9-12,15H,5-8H2,1-4H3,(H,20,21,23). The van der Waals surface area contributed by atoms with Crippen molar-refractivity contribution in [3.63, 3.8) is 0 Å². The summed E-state index contributed by atoms with van der Waals surface area (Å²) in [5.41, 5.74) is 2.93. The fourth-order valence-corrected chi connectivity index (χ4v) is 3.55. The Morgan fingerprint density at radius 2 is 1.81 bits per heavy atom. The van der Waals surface area contributed by atoms with Gasteiger partial charge in [0.05, 0.1) is 5.69 Å². The molecule has 8 heteroatoms. The summed E-state index contributed by atoms with van der Waals surface area (Å²) >= 11 is 0. The molecule has 0 atom stereocenters. The predicted molar refractivity (Wildman–Crippen MR) is 108 cm³/mol. The van der Waals surface area contributed by atoms with Crippen LogP contribution in [0.15, 0.2) is 24.5 Å². The van der Waals surface area contributed by atoms with Crippen molar-refractivity contribution >= 4 is 23.1 Å². The van der Waals surface area contributed by atoms with Gasteiger partial charge in [-0.1, -0.05) is 0 Å². The Labute approximate surface area is 159 Å². The van der Waals surface area contributed by atoms with E-state index in [1.54, 1.807) is 6.33 Å². The fraction of sp³-hybridized carbons (Fsp3) is 0.474. The van der Waals surface area contributed by atoms with E-state index in [1.165, 1.54) is 0 Å². The van der Waals surface area contributed by atoms with Crippen molar-refractivity contribution in [2.45, 2.75) is 32.7 Å². The first-order valence-electron chi connectivity index (χ1n) is 9.34. The monoisotopic (exact) mass is 366 g/mol. The van der Waals surface area contributed by atoms with Gasteiger partial charge in [-0.25, -0.2) is 15.0 Å². The largest absolute Gasteiger partial charge is 0.367 e. The topological polar surface area (TPSA) is 74.5 Å². The number of aryl methyl sites for hydroxylation is 2. The van der Waals surface area contributed by atoms with Gasteiger partial charge in [-0.2, -0.15) is 9.61 Å². The van der Waals surface area contributed by atoms with Gasteiger partial charge in [0.25, 0.3) is 0 Å². The van der Waals surface area contributed by atoms with Crippen molar-refractivity contribution in [2.75, 3.05) is 42.3 Å². The van der Waals surface area contributed by atoms with E-state index < -0.39 is 0 Å². The van der Waals surface area contributed by atoms with Crippen LogP contribution in [0.1, 0.15) is 24.2 Å². The molecule has 1 aliphatic rings. The van der Waals surface area contributed by atoms with Gasteiger partial charge in [0.2, 0.25) is 0 Å². The molecule has 27 heavy (non-hydrogen) atoms. The minimum absolute atomic E-state index is 0.406. The first-order valence-corrected chi connectivity index (χ1v) is 9.34. The van der Waals surface area contributed by atoms with E-state index in [0.717, 1.165) is 60.4 Å². The number of anilines is 3. The Hall–Kier alpha value is -2.90. The van der Waals surface area contributed by atoms with Crippen LogP contribution in [0.2, 0.25) is 0 Å². The predicted octanol–water partition coefficient (Wildman–Crippen LogP) is 2.28. The minimum atomic E-state index is 0.406. The van der Waals surface area contributed by atoms with Crippen molar-refractivity contribution in [1.29, 1.82) is 0 Å². The van der Waals surface area contributed by atoms with Crippen LogP contribution in [0.3, 0.4) is 0 Å². The van der Waals surface area contributed by atoms with Gasteiger partial charge in [-0.3, -0.25) is 0 Å². The zero-order chi connectivity index (χ0) is 19.0. The van der Waals surface area contributed by atoms with Crippen LogP contribution in [-0.4, -0.2) is 57.8 Å². The van der Waals surface area contributed by atoms with Gasteiger partial charge in [0.15, 0.2) is 5.65 Å². The summed E-state index contributed by atoms with van der Waals surface area (Å²) in [6, 6.07) is 6.56. The number of rotatable bonds is 4. The molecule has 142 valence electrons. The number of hydrogen-bond donors (Lipinski definition) is 1. The molecule has 1 N–H and O–H groups in total. The van der Waals surface area contributed by atoms with Gasteiger partial charge >= 0.3 is 0 Å². The summed E-state index contributed by atoms with van der Waals surface area (Å²) in [5.74, 6) is 2.92. The van der Waals surface area contributed by atoms with Gasteiger partial charge in [0, 0.05) is 57.1 Å². The molecule has 1 fully saturated rings. The summed E-state index contributed by atoms with van der Waals surface area (Å²) in [6.07, 6.45) is 3.71. The molecule has 0 amide bonds. The summed E-state index contributed by atoms with van der Waals surface area (Å²) < 4.78 is 1.96. The van der Waals surface area contributed by atoms with Crippen molar-refractivity contribution < 1.29 is 0 Å². The van der Waals surface area contributed by atoms with Gasteiger partial charge < -0.3 is 15.1 Å². The molecule has 0 saturated carbocycles. The first-order chi connectivity index (χ1) is 13.0. The highest BCUT2D eigenvalue weighted by Gasteiger charge is 2.22. The summed E-state index contributed by atoms with van der Waals surface area (Å²) in [6.45, 7) is 5.99.